The predicted octanol–water partition coefficient (Wildman–Crippen LogP) is 1.53. The van der Waals surface area contributed by atoms with Gasteiger partial charge in [0.25, 0.3) is 0 Å². The van der Waals surface area contributed by atoms with E-state index in [1.807, 2.05) is 13.8 Å². The molecule has 2 unspecified atom stereocenters. The SMILES string of the molecule is CC1=NC(C)C(S(=O)(=O)N2CCc3c(cnc4[nH]ncc34)C2)S1. The smallest absolute Gasteiger partial charge is 0.229 e. The van der Waals surface area contributed by atoms with E-state index in [0.29, 0.717) is 19.5 Å². The molecule has 0 fully saturated rings. The van der Waals surface area contributed by atoms with E-state index < -0.39 is 14.6 Å². The lowest BCUT2D eigenvalue weighted by Gasteiger charge is -2.30. The number of hydrogen-bond acceptors (Lipinski definition) is 6. The summed E-state index contributed by atoms with van der Waals surface area (Å²) in [4.78, 5) is 8.69. The molecule has 0 bridgehead atoms. The van der Waals surface area contributed by atoms with Crippen molar-refractivity contribution in [3.05, 3.63) is 23.5 Å². The van der Waals surface area contributed by atoms with Crippen LogP contribution in [0.25, 0.3) is 11.0 Å². The number of hydrogen-bond donors (Lipinski definition) is 1. The van der Waals surface area contributed by atoms with E-state index in [9.17, 15) is 8.42 Å². The van der Waals surface area contributed by atoms with Crippen LogP contribution in [0.5, 0.6) is 0 Å². The zero-order valence-electron chi connectivity index (χ0n) is 12.9. The Kier molecular flexibility index (Phi) is 3.47. The van der Waals surface area contributed by atoms with E-state index in [1.54, 1.807) is 16.7 Å². The lowest BCUT2D eigenvalue weighted by atomic mass is 10.0. The fourth-order valence-corrected chi connectivity index (χ4v) is 6.86. The second-order valence-corrected chi connectivity index (χ2v) is 9.58. The number of nitrogens with one attached hydrogen (secondary N) is 1. The highest BCUT2D eigenvalue weighted by Crippen LogP contribution is 2.35. The molecule has 4 rings (SSSR count). The number of rotatable bonds is 2. The van der Waals surface area contributed by atoms with Crippen molar-refractivity contribution in [2.45, 2.75) is 37.4 Å². The second kappa shape index (κ2) is 5.29. The molecule has 122 valence electrons. The first kappa shape index (κ1) is 15.1. The summed E-state index contributed by atoms with van der Waals surface area (Å²) in [6.07, 6.45) is 4.20. The second-order valence-electron chi connectivity index (χ2n) is 5.90. The van der Waals surface area contributed by atoms with Crippen molar-refractivity contribution >= 4 is 37.9 Å². The van der Waals surface area contributed by atoms with E-state index in [2.05, 4.69) is 20.2 Å². The number of aromatic nitrogens is 3. The lowest BCUT2D eigenvalue weighted by Crippen LogP contribution is -2.43. The molecule has 7 nitrogen and oxygen atoms in total. The van der Waals surface area contributed by atoms with Crippen LogP contribution >= 0.6 is 11.8 Å². The van der Waals surface area contributed by atoms with Crippen LogP contribution in [0.1, 0.15) is 25.0 Å². The third kappa shape index (κ3) is 2.38. The van der Waals surface area contributed by atoms with Crippen LogP contribution in [0.15, 0.2) is 17.4 Å². The van der Waals surface area contributed by atoms with Crippen LogP contribution in [0, 0.1) is 0 Å². The van der Waals surface area contributed by atoms with Crippen LogP contribution in [0.3, 0.4) is 0 Å². The highest BCUT2D eigenvalue weighted by atomic mass is 32.3. The molecule has 2 aromatic rings. The molecule has 0 amide bonds. The first-order chi connectivity index (χ1) is 11.0. The number of aliphatic imine (C=N–C) groups is 1. The minimum atomic E-state index is -3.40. The van der Waals surface area contributed by atoms with Gasteiger partial charge in [-0.25, -0.2) is 13.4 Å². The molecule has 0 saturated heterocycles. The number of fused-ring (bicyclic) bond motifs is 3. The fraction of sp³-hybridized carbons (Fsp3) is 0.500. The molecule has 0 aromatic carbocycles. The Hall–Kier alpha value is -1.45. The van der Waals surface area contributed by atoms with Crippen molar-refractivity contribution in [3.63, 3.8) is 0 Å². The van der Waals surface area contributed by atoms with Gasteiger partial charge in [0.05, 0.1) is 17.3 Å². The summed E-state index contributed by atoms with van der Waals surface area (Å²) in [6, 6.07) is -0.208. The first-order valence-electron chi connectivity index (χ1n) is 7.46. The number of nitrogens with zero attached hydrogens (tertiary/aromatic N) is 4. The summed E-state index contributed by atoms with van der Waals surface area (Å²) in [5, 5.41) is 8.70. The van der Waals surface area contributed by atoms with Gasteiger partial charge < -0.3 is 0 Å². The maximum atomic E-state index is 13.0. The number of thioether (sulfide) groups is 1. The van der Waals surface area contributed by atoms with Gasteiger partial charge in [-0.05, 0) is 31.4 Å². The van der Waals surface area contributed by atoms with Crippen molar-refractivity contribution in [3.8, 4) is 0 Å². The van der Waals surface area contributed by atoms with Crippen LogP contribution in [-0.2, 0) is 23.0 Å². The fourth-order valence-electron chi connectivity index (χ4n) is 3.25. The third-order valence-corrected chi connectivity index (χ3v) is 8.46. The summed E-state index contributed by atoms with van der Waals surface area (Å²) in [5.74, 6) is 0. The van der Waals surface area contributed by atoms with Gasteiger partial charge in [0.1, 0.15) is 4.58 Å². The molecule has 1 N–H and O–H groups in total. The van der Waals surface area contributed by atoms with Crippen molar-refractivity contribution in [2.24, 2.45) is 4.99 Å². The average molecular weight is 351 g/mol. The van der Waals surface area contributed by atoms with E-state index in [0.717, 1.165) is 27.2 Å². The highest BCUT2D eigenvalue weighted by molar-refractivity contribution is 8.22. The molecule has 2 aliphatic heterocycles. The van der Waals surface area contributed by atoms with E-state index in [1.165, 1.54) is 11.8 Å². The predicted molar refractivity (Wildman–Crippen MR) is 90.9 cm³/mol. The quantitative estimate of drug-likeness (QED) is 0.886. The molecular weight excluding hydrogens is 334 g/mol. The summed E-state index contributed by atoms with van der Waals surface area (Å²) in [7, 11) is -3.40. The van der Waals surface area contributed by atoms with Gasteiger partial charge in [-0.3, -0.25) is 10.1 Å². The van der Waals surface area contributed by atoms with Gasteiger partial charge in [0.15, 0.2) is 5.65 Å². The lowest BCUT2D eigenvalue weighted by molar-refractivity contribution is 0.388. The van der Waals surface area contributed by atoms with Gasteiger partial charge in [0, 0.05) is 24.7 Å². The molecule has 9 heteroatoms. The minimum Gasteiger partial charge on any atom is -0.278 e. The van der Waals surface area contributed by atoms with Crippen molar-refractivity contribution < 1.29 is 8.42 Å². The van der Waals surface area contributed by atoms with Crippen LogP contribution in [0.4, 0.5) is 0 Å². The maximum absolute atomic E-state index is 13.0. The Balaban J connectivity index is 1.65. The zero-order chi connectivity index (χ0) is 16.2. The average Bonchev–Trinajstić information content (AvgIpc) is 3.12. The number of H-pyrrole nitrogens is 1. The van der Waals surface area contributed by atoms with Crippen molar-refractivity contribution in [2.75, 3.05) is 6.54 Å². The minimum absolute atomic E-state index is 0.208. The van der Waals surface area contributed by atoms with Gasteiger partial charge in [-0.15, -0.1) is 0 Å². The number of aromatic amines is 1. The molecule has 0 aliphatic carbocycles. The van der Waals surface area contributed by atoms with E-state index in [-0.39, 0.29) is 6.04 Å². The van der Waals surface area contributed by atoms with Crippen LogP contribution in [0.2, 0.25) is 0 Å². The summed E-state index contributed by atoms with van der Waals surface area (Å²) < 4.78 is 27.0. The molecule has 0 spiro atoms. The zero-order valence-corrected chi connectivity index (χ0v) is 14.5. The van der Waals surface area contributed by atoms with Crippen LogP contribution in [-0.4, -0.2) is 50.1 Å². The van der Waals surface area contributed by atoms with Gasteiger partial charge >= 0.3 is 0 Å². The Morgan fingerprint density at radius 2 is 2.22 bits per heavy atom. The number of sulfonamides is 1. The van der Waals surface area contributed by atoms with E-state index >= 15 is 0 Å². The van der Waals surface area contributed by atoms with Crippen LogP contribution < -0.4 is 0 Å². The summed E-state index contributed by atoms with van der Waals surface area (Å²) >= 11 is 1.35. The monoisotopic (exact) mass is 351 g/mol. The molecule has 2 atom stereocenters. The molecule has 23 heavy (non-hydrogen) atoms. The first-order valence-corrected chi connectivity index (χ1v) is 9.85. The van der Waals surface area contributed by atoms with Gasteiger partial charge in [-0.2, -0.15) is 9.40 Å². The molecule has 2 aromatic heterocycles. The van der Waals surface area contributed by atoms with Gasteiger partial charge in [-0.1, -0.05) is 11.8 Å². The Labute approximate surface area is 138 Å². The van der Waals surface area contributed by atoms with Gasteiger partial charge in [0.2, 0.25) is 10.0 Å². The number of pyridine rings is 1. The molecule has 4 heterocycles. The standard InChI is InChI=1S/C14H17N5O2S2/c1-8-14(22-9(2)17-8)23(20,21)19-4-3-11-10(7-19)5-15-13-12(11)6-16-18-13/h5-6,8,14H,3-4,7H2,1-2H3,(H,15,16,18). The Morgan fingerprint density at radius 1 is 1.39 bits per heavy atom. The maximum Gasteiger partial charge on any atom is 0.229 e. The molecule has 0 saturated carbocycles. The van der Waals surface area contributed by atoms with Crippen molar-refractivity contribution in [1.29, 1.82) is 0 Å². The molecular formula is C14H17N5O2S2. The van der Waals surface area contributed by atoms with E-state index in [4.69, 9.17) is 0 Å². The topological polar surface area (TPSA) is 91.3 Å². The van der Waals surface area contributed by atoms with Crippen molar-refractivity contribution in [1.82, 2.24) is 19.5 Å². The summed E-state index contributed by atoms with van der Waals surface area (Å²) in [5.41, 5.74) is 2.86. The highest BCUT2D eigenvalue weighted by Gasteiger charge is 2.41. The normalized spacial score (nSPS) is 25.6. The molecule has 2 aliphatic rings. The third-order valence-electron chi connectivity index (χ3n) is 4.36. The largest absolute Gasteiger partial charge is 0.278 e. The Bertz CT molecular complexity index is 905. The summed E-state index contributed by atoms with van der Waals surface area (Å²) in [6.45, 7) is 4.58. The molecule has 0 radical (unpaired) electrons. The Morgan fingerprint density at radius 3 is 2.96 bits per heavy atom.